The smallest absolute Gasteiger partial charge is 0.241 e. The second-order valence-corrected chi connectivity index (χ2v) is 3.35. The molecule has 16 heavy (non-hydrogen) atoms. The number of benzene rings is 1. The van der Waals surface area contributed by atoms with Gasteiger partial charge in [-0.25, -0.2) is 0 Å². The molecule has 2 aromatic rings. The van der Waals surface area contributed by atoms with Gasteiger partial charge in [-0.3, -0.25) is 0 Å². The van der Waals surface area contributed by atoms with Crippen LogP contribution in [0.5, 0.6) is 0 Å². The number of rotatable bonds is 3. The number of hydrogen-bond acceptors (Lipinski definition) is 5. The first-order valence-electron chi connectivity index (χ1n) is 4.40. The summed E-state index contributed by atoms with van der Waals surface area (Å²) >= 11 is 10.1. The number of aliphatic imine (C=N–C) groups is 1. The van der Waals surface area contributed by atoms with Crippen LogP contribution in [0, 0.1) is 0 Å². The molecule has 0 fully saturated rings. The highest BCUT2D eigenvalue weighted by Crippen LogP contribution is 2.20. The lowest BCUT2D eigenvalue weighted by atomic mass is 10.2. The average Bonchev–Trinajstić information content (AvgIpc) is 2.79. The van der Waals surface area contributed by atoms with E-state index in [9.17, 15) is 0 Å². The largest absolute Gasteiger partial charge is 0.338 e. The molecule has 0 N–H and O–H groups in total. The second-order valence-electron chi connectivity index (χ2n) is 2.90. The minimum atomic E-state index is 0.209. The van der Waals surface area contributed by atoms with Crippen LogP contribution in [0.1, 0.15) is 5.89 Å². The van der Waals surface area contributed by atoms with Crippen molar-refractivity contribution in [2.75, 3.05) is 0 Å². The number of thiocarbonyl (C=S) groups is 1. The Balaban J connectivity index is 2.30. The van der Waals surface area contributed by atoms with Crippen molar-refractivity contribution in [1.82, 2.24) is 10.1 Å². The number of halogens is 1. The van der Waals surface area contributed by atoms with Crippen LogP contribution in [0.25, 0.3) is 11.4 Å². The van der Waals surface area contributed by atoms with E-state index in [0.717, 1.165) is 11.3 Å². The van der Waals surface area contributed by atoms with Gasteiger partial charge in [0, 0.05) is 5.56 Å². The van der Waals surface area contributed by atoms with E-state index in [0.29, 0.717) is 11.7 Å². The van der Waals surface area contributed by atoms with E-state index in [1.807, 2.05) is 12.1 Å². The molecule has 0 aliphatic carbocycles. The van der Waals surface area contributed by atoms with Gasteiger partial charge in [0.25, 0.3) is 0 Å². The third kappa shape index (κ3) is 2.33. The maximum atomic E-state index is 5.56. The monoisotopic (exact) mass is 251 g/mol. The molecular formula is C10H6ClN3OS. The van der Waals surface area contributed by atoms with Crippen molar-refractivity contribution in [3.8, 4) is 11.4 Å². The molecule has 0 saturated carbocycles. The minimum absolute atomic E-state index is 0.209. The summed E-state index contributed by atoms with van der Waals surface area (Å²) in [7, 11) is 0. The first-order chi connectivity index (χ1) is 7.83. The number of aromatic nitrogens is 2. The molecule has 1 heterocycles. The lowest BCUT2D eigenvalue weighted by Crippen LogP contribution is -1.80. The van der Waals surface area contributed by atoms with Crippen molar-refractivity contribution in [1.29, 1.82) is 0 Å². The van der Waals surface area contributed by atoms with Gasteiger partial charge >= 0.3 is 0 Å². The lowest BCUT2D eigenvalue weighted by molar-refractivity contribution is 0.391. The Morgan fingerprint density at radius 2 is 2.12 bits per heavy atom. The lowest BCUT2D eigenvalue weighted by Gasteiger charge is -1.94. The zero-order valence-corrected chi connectivity index (χ0v) is 9.63. The number of alkyl halides is 1. The molecular weight excluding hydrogens is 246 g/mol. The fourth-order valence-corrected chi connectivity index (χ4v) is 1.38. The van der Waals surface area contributed by atoms with E-state index in [1.54, 1.807) is 12.1 Å². The molecule has 0 amide bonds. The highest BCUT2D eigenvalue weighted by atomic mass is 35.5. The topological polar surface area (TPSA) is 51.3 Å². The molecule has 1 aromatic carbocycles. The highest BCUT2D eigenvalue weighted by Gasteiger charge is 2.06. The SMILES string of the molecule is S=C=Nc1ccc(-c2noc(CCl)n2)cc1. The maximum absolute atomic E-state index is 5.56. The van der Waals surface area contributed by atoms with Crippen LogP contribution < -0.4 is 0 Å². The molecule has 6 heteroatoms. The average molecular weight is 252 g/mol. The van der Waals surface area contributed by atoms with Crippen molar-refractivity contribution in [3.63, 3.8) is 0 Å². The molecule has 0 spiro atoms. The van der Waals surface area contributed by atoms with Gasteiger partial charge in [-0.15, -0.1) is 11.6 Å². The van der Waals surface area contributed by atoms with Gasteiger partial charge in [0.2, 0.25) is 11.7 Å². The van der Waals surface area contributed by atoms with Crippen LogP contribution in [0.4, 0.5) is 5.69 Å². The summed E-state index contributed by atoms with van der Waals surface area (Å²) in [6.07, 6.45) is 0. The van der Waals surface area contributed by atoms with Gasteiger partial charge in [0.15, 0.2) is 0 Å². The third-order valence-corrected chi connectivity index (χ3v) is 2.20. The van der Waals surface area contributed by atoms with Gasteiger partial charge in [-0.2, -0.15) is 9.98 Å². The van der Waals surface area contributed by atoms with Gasteiger partial charge < -0.3 is 4.52 Å². The van der Waals surface area contributed by atoms with Crippen molar-refractivity contribution >= 4 is 34.7 Å². The highest BCUT2D eigenvalue weighted by molar-refractivity contribution is 7.78. The summed E-state index contributed by atoms with van der Waals surface area (Å²) in [5.74, 6) is 1.12. The number of nitrogens with zero attached hydrogens (tertiary/aromatic N) is 3. The Morgan fingerprint density at radius 1 is 1.38 bits per heavy atom. The van der Waals surface area contributed by atoms with Crippen LogP contribution in [-0.2, 0) is 5.88 Å². The van der Waals surface area contributed by atoms with Crippen LogP contribution in [0.3, 0.4) is 0 Å². The summed E-state index contributed by atoms with van der Waals surface area (Å²) in [4.78, 5) is 7.94. The van der Waals surface area contributed by atoms with E-state index in [2.05, 4.69) is 32.5 Å². The maximum Gasteiger partial charge on any atom is 0.241 e. The molecule has 0 atom stereocenters. The van der Waals surface area contributed by atoms with Gasteiger partial charge in [0.05, 0.1) is 10.8 Å². The summed E-state index contributed by atoms with van der Waals surface area (Å²) in [5.41, 5.74) is 1.57. The van der Waals surface area contributed by atoms with E-state index < -0.39 is 0 Å². The van der Waals surface area contributed by atoms with Crippen LogP contribution >= 0.6 is 23.8 Å². The van der Waals surface area contributed by atoms with Gasteiger partial charge in [-0.05, 0) is 36.5 Å². The standard InChI is InChI=1S/C10H6ClN3OS/c11-5-9-13-10(14-15-9)7-1-3-8(4-2-7)12-6-16/h1-4H,5H2. The molecule has 0 unspecified atom stereocenters. The number of isothiocyanates is 1. The Hall–Kier alpha value is -1.55. The van der Waals surface area contributed by atoms with Crippen molar-refractivity contribution in [2.45, 2.75) is 5.88 Å². The van der Waals surface area contributed by atoms with Crippen LogP contribution in [-0.4, -0.2) is 15.3 Å². The summed E-state index contributed by atoms with van der Waals surface area (Å²) in [5, 5.41) is 6.09. The zero-order valence-electron chi connectivity index (χ0n) is 8.05. The molecule has 0 saturated heterocycles. The molecule has 0 radical (unpaired) electrons. The Bertz CT molecular complexity index is 531. The normalized spacial score (nSPS) is 9.81. The van der Waals surface area contributed by atoms with Crippen molar-refractivity contribution in [2.24, 2.45) is 4.99 Å². The van der Waals surface area contributed by atoms with Crippen LogP contribution in [0.15, 0.2) is 33.8 Å². The quantitative estimate of drug-likeness (QED) is 0.478. The predicted octanol–water partition coefficient (Wildman–Crippen LogP) is 3.21. The predicted molar refractivity (Wildman–Crippen MR) is 64.0 cm³/mol. The first kappa shape index (κ1) is 11.0. The van der Waals surface area contributed by atoms with Crippen LogP contribution in [0.2, 0.25) is 0 Å². The molecule has 0 aliphatic heterocycles. The summed E-state index contributed by atoms with van der Waals surface area (Å²) in [6, 6.07) is 7.25. The molecule has 1 aromatic heterocycles. The molecule has 2 rings (SSSR count). The van der Waals surface area contributed by atoms with Crippen molar-refractivity contribution in [3.05, 3.63) is 30.2 Å². The van der Waals surface area contributed by atoms with Gasteiger partial charge in [-0.1, -0.05) is 5.16 Å². The summed E-state index contributed by atoms with van der Waals surface area (Å²) in [6.45, 7) is 0. The van der Waals surface area contributed by atoms with Gasteiger partial charge in [0.1, 0.15) is 5.88 Å². The second kappa shape index (κ2) is 4.99. The first-order valence-corrected chi connectivity index (χ1v) is 5.34. The van der Waals surface area contributed by atoms with E-state index in [4.69, 9.17) is 16.1 Å². The summed E-state index contributed by atoms with van der Waals surface area (Å²) < 4.78 is 4.90. The molecule has 80 valence electrons. The molecule has 0 bridgehead atoms. The molecule has 0 aliphatic rings. The Kier molecular flexibility index (Phi) is 3.41. The van der Waals surface area contributed by atoms with E-state index in [-0.39, 0.29) is 5.88 Å². The Labute approximate surface area is 102 Å². The fourth-order valence-electron chi connectivity index (χ4n) is 1.16. The van der Waals surface area contributed by atoms with Crippen molar-refractivity contribution < 1.29 is 4.52 Å². The zero-order chi connectivity index (χ0) is 11.4. The fraction of sp³-hybridized carbons (Fsp3) is 0.100. The Morgan fingerprint density at radius 3 is 2.69 bits per heavy atom. The minimum Gasteiger partial charge on any atom is -0.338 e. The molecule has 4 nitrogen and oxygen atoms in total. The van der Waals surface area contributed by atoms with E-state index in [1.165, 1.54) is 0 Å². The third-order valence-electron chi connectivity index (χ3n) is 1.88. The number of hydrogen-bond donors (Lipinski definition) is 0. The van der Waals surface area contributed by atoms with E-state index >= 15 is 0 Å².